The Balaban J connectivity index is 2.65. The Bertz CT molecular complexity index is 556. The molecule has 0 bridgehead atoms. The Labute approximate surface area is 127 Å². The maximum Gasteiger partial charge on any atom is 0.232 e. The number of carbonyl (C=O) groups excluding carboxylic acids is 1. The van der Waals surface area contributed by atoms with Crippen molar-refractivity contribution in [1.82, 2.24) is 0 Å². The van der Waals surface area contributed by atoms with Crippen molar-refractivity contribution < 1.29 is 13.2 Å². The van der Waals surface area contributed by atoms with E-state index in [-0.39, 0.29) is 24.5 Å². The van der Waals surface area contributed by atoms with Crippen LogP contribution in [0.1, 0.15) is 49.4 Å². The molecule has 0 heterocycles. The molecule has 1 rings (SSSR count). The van der Waals surface area contributed by atoms with Crippen molar-refractivity contribution in [2.24, 2.45) is 5.73 Å². The van der Waals surface area contributed by atoms with E-state index in [4.69, 9.17) is 5.73 Å². The van der Waals surface area contributed by atoms with Gasteiger partial charge in [-0.3, -0.25) is 9.52 Å². The van der Waals surface area contributed by atoms with Crippen molar-refractivity contribution in [1.29, 1.82) is 0 Å². The summed E-state index contributed by atoms with van der Waals surface area (Å²) in [5, 5.41) is 0. The second kappa shape index (κ2) is 8.79. The molecule has 0 unspecified atom stereocenters. The minimum Gasteiger partial charge on any atom is -0.330 e. The first-order valence-electron chi connectivity index (χ1n) is 7.32. The summed E-state index contributed by atoms with van der Waals surface area (Å²) in [5.41, 5.74) is 6.26. The van der Waals surface area contributed by atoms with Gasteiger partial charge in [0, 0.05) is 17.7 Å². The molecule has 0 aliphatic carbocycles. The van der Waals surface area contributed by atoms with E-state index in [1.165, 1.54) is 0 Å². The molecule has 1 aromatic rings. The molecular formula is C15H24N2O3S. The van der Waals surface area contributed by atoms with E-state index in [1.54, 1.807) is 24.3 Å². The van der Waals surface area contributed by atoms with Gasteiger partial charge in [0.15, 0.2) is 5.78 Å². The van der Waals surface area contributed by atoms with Crippen LogP contribution in [0.15, 0.2) is 24.3 Å². The van der Waals surface area contributed by atoms with Crippen LogP contribution in [0.25, 0.3) is 0 Å². The van der Waals surface area contributed by atoms with Crippen LogP contribution in [0.3, 0.4) is 0 Å². The fourth-order valence-electron chi connectivity index (χ4n) is 1.98. The second-order valence-corrected chi connectivity index (χ2v) is 6.87. The Morgan fingerprint density at radius 3 is 2.67 bits per heavy atom. The van der Waals surface area contributed by atoms with Crippen molar-refractivity contribution in [3.63, 3.8) is 0 Å². The van der Waals surface area contributed by atoms with Gasteiger partial charge in [0.25, 0.3) is 0 Å². The number of benzene rings is 1. The third kappa shape index (κ3) is 6.73. The summed E-state index contributed by atoms with van der Waals surface area (Å²) < 4.78 is 26.4. The van der Waals surface area contributed by atoms with Crippen molar-refractivity contribution in [2.45, 2.75) is 39.0 Å². The van der Waals surface area contributed by atoms with Crippen molar-refractivity contribution in [3.8, 4) is 0 Å². The third-order valence-electron chi connectivity index (χ3n) is 3.10. The molecule has 0 fully saturated rings. The van der Waals surface area contributed by atoms with Crippen LogP contribution < -0.4 is 10.5 Å². The van der Waals surface area contributed by atoms with Crippen LogP contribution in [0.4, 0.5) is 5.69 Å². The number of rotatable bonds is 10. The maximum atomic E-state index is 12.0. The number of Topliss-reactive ketones (excluding diaryl/α,β-unsaturated/α-hetero) is 1. The number of unbranched alkanes of at least 4 members (excludes halogenated alkanes) is 3. The predicted octanol–water partition coefficient (Wildman–Crippen LogP) is 2.54. The zero-order valence-electron chi connectivity index (χ0n) is 12.5. The van der Waals surface area contributed by atoms with E-state index in [9.17, 15) is 13.2 Å². The molecule has 0 aliphatic heterocycles. The molecule has 0 saturated heterocycles. The van der Waals surface area contributed by atoms with Crippen LogP contribution in [-0.4, -0.2) is 26.5 Å². The maximum absolute atomic E-state index is 12.0. The lowest BCUT2D eigenvalue weighted by atomic mass is 10.1. The lowest BCUT2D eigenvalue weighted by Gasteiger charge is -2.09. The predicted molar refractivity (Wildman–Crippen MR) is 86.0 cm³/mol. The zero-order chi connectivity index (χ0) is 15.7. The highest BCUT2D eigenvalue weighted by Gasteiger charge is 2.11. The first-order valence-corrected chi connectivity index (χ1v) is 8.97. The summed E-state index contributed by atoms with van der Waals surface area (Å²) in [6, 6.07) is 6.53. The molecule has 0 aliphatic rings. The zero-order valence-corrected chi connectivity index (χ0v) is 13.3. The summed E-state index contributed by atoms with van der Waals surface area (Å²) in [6.07, 6.45) is 3.92. The highest BCUT2D eigenvalue weighted by molar-refractivity contribution is 7.92. The van der Waals surface area contributed by atoms with E-state index >= 15 is 0 Å². The summed E-state index contributed by atoms with van der Waals surface area (Å²) >= 11 is 0. The van der Waals surface area contributed by atoms with E-state index in [2.05, 4.69) is 11.6 Å². The molecule has 1 aromatic carbocycles. The molecule has 0 aromatic heterocycles. The average molecular weight is 312 g/mol. The van der Waals surface area contributed by atoms with Crippen molar-refractivity contribution in [2.75, 3.05) is 17.0 Å². The van der Waals surface area contributed by atoms with E-state index < -0.39 is 10.0 Å². The number of anilines is 1. The lowest BCUT2D eigenvalue weighted by Crippen LogP contribution is -2.17. The molecule has 0 radical (unpaired) electrons. The molecule has 21 heavy (non-hydrogen) atoms. The third-order valence-corrected chi connectivity index (χ3v) is 4.47. The van der Waals surface area contributed by atoms with Gasteiger partial charge in [0.1, 0.15) is 0 Å². The summed E-state index contributed by atoms with van der Waals surface area (Å²) in [6.45, 7) is 2.36. The van der Waals surface area contributed by atoms with Gasteiger partial charge in [0.2, 0.25) is 10.0 Å². The van der Waals surface area contributed by atoms with E-state index in [1.807, 2.05) is 0 Å². The van der Waals surface area contributed by atoms with Gasteiger partial charge in [0.05, 0.1) is 5.75 Å². The minimum absolute atomic E-state index is 0.0820. The Hall–Kier alpha value is -1.40. The van der Waals surface area contributed by atoms with Crippen LogP contribution in [-0.2, 0) is 10.0 Å². The van der Waals surface area contributed by atoms with Gasteiger partial charge in [-0.1, -0.05) is 38.3 Å². The highest BCUT2D eigenvalue weighted by atomic mass is 32.2. The second-order valence-electron chi connectivity index (χ2n) is 5.02. The quantitative estimate of drug-likeness (QED) is 0.513. The van der Waals surface area contributed by atoms with Gasteiger partial charge < -0.3 is 5.73 Å². The molecule has 0 spiro atoms. The number of nitrogens with two attached hydrogens (primary N) is 1. The number of nitrogens with one attached hydrogen (secondary N) is 1. The largest absolute Gasteiger partial charge is 0.330 e. The Kier molecular flexibility index (Phi) is 7.39. The number of carbonyl (C=O) groups is 1. The van der Waals surface area contributed by atoms with Crippen molar-refractivity contribution >= 4 is 21.5 Å². The summed E-state index contributed by atoms with van der Waals surface area (Å²) in [7, 11) is -3.36. The Morgan fingerprint density at radius 1 is 1.24 bits per heavy atom. The molecule has 0 atom stereocenters. The standard InChI is InChI=1S/C15H24N2O3S/c1-2-3-4-5-11-21(19,20)17-14-8-6-7-13(12-14)15(18)9-10-16/h6-8,12,17H,2-5,9-11,16H2,1H3. The minimum atomic E-state index is -3.36. The van der Waals surface area contributed by atoms with Gasteiger partial charge in [-0.25, -0.2) is 8.42 Å². The van der Waals surface area contributed by atoms with Crippen molar-refractivity contribution in [3.05, 3.63) is 29.8 Å². The van der Waals surface area contributed by atoms with Gasteiger partial charge in [-0.15, -0.1) is 0 Å². The van der Waals surface area contributed by atoms with Crippen LogP contribution in [0.5, 0.6) is 0 Å². The molecular weight excluding hydrogens is 288 g/mol. The lowest BCUT2D eigenvalue weighted by molar-refractivity contribution is 0.0985. The highest BCUT2D eigenvalue weighted by Crippen LogP contribution is 2.14. The molecule has 0 amide bonds. The molecule has 3 N–H and O–H groups in total. The molecule has 5 nitrogen and oxygen atoms in total. The number of hydrogen-bond donors (Lipinski definition) is 2. The molecule has 6 heteroatoms. The first-order chi connectivity index (χ1) is 9.98. The van der Waals surface area contributed by atoms with Crippen LogP contribution in [0, 0.1) is 0 Å². The normalized spacial score (nSPS) is 11.3. The van der Waals surface area contributed by atoms with Crippen LogP contribution >= 0.6 is 0 Å². The fraction of sp³-hybridized carbons (Fsp3) is 0.533. The number of ketones is 1. The Morgan fingerprint density at radius 2 is 2.00 bits per heavy atom. The van der Waals surface area contributed by atoms with Gasteiger partial charge >= 0.3 is 0 Å². The first kappa shape index (κ1) is 17.7. The van der Waals surface area contributed by atoms with Gasteiger partial charge in [-0.05, 0) is 25.1 Å². The molecule has 0 saturated carbocycles. The van der Waals surface area contributed by atoms with Crippen LogP contribution in [0.2, 0.25) is 0 Å². The topological polar surface area (TPSA) is 89.3 Å². The summed E-state index contributed by atoms with van der Waals surface area (Å²) in [4.78, 5) is 11.7. The average Bonchev–Trinajstić information content (AvgIpc) is 2.44. The smallest absolute Gasteiger partial charge is 0.232 e. The van der Waals surface area contributed by atoms with E-state index in [0.717, 1.165) is 19.3 Å². The summed E-state index contributed by atoms with van der Waals surface area (Å²) in [5.74, 6) is 0.0232. The van der Waals surface area contributed by atoms with E-state index in [0.29, 0.717) is 17.7 Å². The number of hydrogen-bond acceptors (Lipinski definition) is 4. The van der Waals surface area contributed by atoms with Gasteiger partial charge in [-0.2, -0.15) is 0 Å². The SMILES string of the molecule is CCCCCCS(=O)(=O)Nc1cccc(C(=O)CCN)c1. The molecule has 118 valence electrons. The monoisotopic (exact) mass is 312 g/mol. The fourth-order valence-corrected chi connectivity index (χ4v) is 3.15. The number of sulfonamides is 1.